The maximum absolute atomic E-state index is 11.0. The van der Waals surface area contributed by atoms with Gasteiger partial charge in [0, 0.05) is 6.42 Å². The van der Waals surface area contributed by atoms with Crippen LogP contribution in [0.15, 0.2) is 53.8 Å². The normalized spacial score (nSPS) is 25.3. The van der Waals surface area contributed by atoms with Crippen LogP contribution in [0.4, 0.5) is 0 Å². The largest absolute Gasteiger partial charge is 0.431 e. The molecule has 0 N–H and O–H groups in total. The molecule has 98 valence electrons. The number of carbonyl (C=O) groups is 1. The molecule has 0 saturated carbocycles. The van der Waals surface area contributed by atoms with E-state index in [9.17, 15) is 4.79 Å². The minimum Gasteiger partial charge on any atom is -0.431 e. The van der Waals surface area contributed by atoms with Gasteiger partial charge in [-0.05, 0) is 42.4 Å². The van der Waals surface area contributed by atoms with Crippen molar-refractivity contribution in [1.29, 1.82) is 0 Å². The van der Waals surface area contributed by atoms with Crippen LogP contribution in [0, 0.1) is 0 Å². The highest BCUT2D eigenvalue weighted by Crippen LogP contribution is 2.33. The summed E-state index contributed by atoms with van der Waals surface area (Å²) in [6.45, 7) is 0. The molecular formula is C17H18O2. The summed E-state index contributed by atoms with van der Waals surface area (Å²) in [5, 5.41) is 0. The second-order valence-corrected chi connectivity index (χ2v) is 5.25. The van der Waals surface area contributed by atoms with E-state index in [1.54, 1.807) is 0 Å². The third-order valence-corrected chi connectivity index (χ3v) is 3.88. The Morgan fingerprint density at radius 1 is 1.11 bits per heavy atom. The van der Waals surface area contributed by atoms with E-state index in [-0.39, 0.29) is 5.97 Å². The summed E-state index contributed by atoms with van der Waals surface area (Å²) in [6, 6.07) is 10.7. The van der Waals surface area contributed by atoms with E-state index in [0.717, 1.165) is 25.0 Å². The van der Waals surface area contributed by atoms with E-state index in [0.29, 0.717) is 12.3 Å². The standard InChI is InChI=1S/C17H18O2/c18-17-11-10-16(19-17)12-13-6-8-15(9-7-13)14-4-2-1-3-5-14/h1-6,12,15H,7-11H2/b16-12+. The van der Waals surface area contributed by atoms with Gasteiger partial charge in [0.05, 0.1) is 6.42 Å². The summed E-state index contributed by atoms with van der Waals surface area (Å²) in [5.74, 6) is 1.38. The topological polar surface area (TPSA) is 26.3 Å². The van der Waals surface area contributed by atoms with Crippen LogP contribution in [-0.2, 0) is 9.53 Å². The minimum atomic E-state index is -0.0928. The Hall–Kier alpha value is -1.83. The number of esters is 1. The number of rotatable bonds is 2. The lowest BCUT2D eigenvalue weighted by Gasteiger charge is -2.21. The Bertz CT molecular complexity index is 525. The third-order valence-electron chi connectivity index (χ3n) is 3.88. The molecule has 1 unspecified atom stereocenters. The van der Waals surface area contributed by atoms with Crippen molar-refractivity contribution in [3.8, 4) is 0 Å². The minimum absolute atomic E-state index is 0.0928. The average Bonchev–Trinajstić information content (AvgIpc) is 2.86. The highest BCUT2D eigenvalue weighted by molar-refractivity contribution is 5.73. The molecule has 1 heterocycles. The number of hydrogen-bond acceptors (Lipinski definition) is 2. The maximum Gasteiger partial charge on any atom is 0.311 e. The van der Waals surface area contributed by atoms with Gasteiger partial charge in [0.2, 0.25) is 0 Å². The van der Waals surface area contributed by atoms with Gasteiger partial charge in [0.15, 0.2) is 0 Å². The quantitative estimate of drug-likeness (QED) is 0.743. The van der Waals surface area contributed by atoms with Crippen molar-refractivity contribution >= 4 is 5.97 Å². The third kappa shape index (κ3) is 2.95. The van der Waals surface area contributed by atoms with Gasteiger partial charge in [0.25, 0.3) is 0 Å². The summed E-state index contributed by atoms with van der Waals surface area (Å²) in [4.78, 5) is 11.0. The number of benzene rings is 1. The van der Waals surface area contributed by atoms with Crippen LogP contribution in [0.3, 0.4) is 0 Å². The summed E-state index contributed by atoms with van der Waals surface area (Å²) < 4.78 is 5.16. The molecule has 0 amide bonds. The van der Waals surface area contributed by atoms with Gasteiger partial charge in [-0.2, -0.15) is 0 Å². The van der Waals surface area contributed by atoms with Crippen LogP contribution < -0.4 is 0 Å². The Balaban J connectivity index is 1.66. The molecule has 0 bridgehead atoms. The summed E-state index contributed by atoms with van der Waals surface area (Å²) in [5.41, 5.74) is 2.75. The second-order valence-electron chi connectivity index (χ2n) is 5.25. The first-order valence-corrected chi connectivity index (χ1v) is 6.96. The van der Waals surface area contributed by atoms with Crippen LogP contribution in [0.5, 0.6) is 0 Å². The molecule has 0 aromatic heterocycles. The van der Waals surface area contributed by atoms with E-state index in [4.69, 9.17) is 4.74 Å². The SMILES string of the molecule is O=C1CC/C(=C\C2=CCC(c3ccccc3)CC2)O1. The van der Waals surface area contributed by atoms with E-state index >= 15 is 0 Å². The molecule has 1 fully saturated rings. The monoisotopic (exact) mass is 254 g/mol. The lowest BCUT2D eigenvalue weighted by atomic mass is 9.84. The molecular weight excluding hydrogens is 236 g/mol. The molecule has 0 spiro atoms. The van der Waals surface area contributed by atoms with Crippen LogP contribution in [-0.4, -0.2) is 5.97 Å². The Morgan fingerprint density at radius 3 is 2.58 bits per heavy atom. The predicted octanol–water partition coefficient (Wildman–Crippen LogP) is 4.10. The van der Waals surface area contributed by atoms with E-state index in [1.165, 1.54) is 17.6 Å². The smallest absolute Gasteiger partial charge is 0.311 e. The lowest BCUT2D eigenvalue weighted by Crippen LogP contribution is -2.03. The highest BCUT2D eigenvalue weighted by atomic mass is 16.5. The number of allylic oxidation sites excluding steroid dienone is 4. The van der Waals surface area contributed by atoms with Crippen molar-refractivity contribution in [2.45, 2.75) is 38.0 Å². The summed E-state index contributed by atoms with van der Waals surface area (Å²) >= 11 is 0. The zero-order chi connectivity index (χ0) is 13.1. The van der Waals surface area contributed by atoms with Crippen molar-refractivity contribution in [2.75, 3.05) is 0 Å². The molecule has 2 heteroatoms. The van der Waals surface area contributed by atoms with Crippen LogP contribution in [0.1, 0.15) is 43.6 Å². The van der Waals surface area contributed by atoms with Crippen molar-refractivity contribution in [3.05, 3.63) is 59.4 Å². The Kier molecular flexibility index (Phi) is 3.49. The van der Waals surface area contributed by atoms with Gasteiger partial charge in [-0.25, -0.2) is 0 Å². The first-order chi connectivity index (χ1) is 9.31. The number of cyclic esters (lactones) is 1. The van der Waals surface area contributed by atoms with Crippen LogP contribution in [0.25, 0.3) is 0 Å². The summed E-state index contributed by atoms with van der Waals surface area (Å²) in [6.07, 6.45) is 8.97. The second kappa shape index (κ2) is 5.43. The molecule has 19 heavy (non-hydrogen) atoms. The molecule has 3 rings (SSSR count). The molecule has 1 aromatic carbocycles. The lowest BCUT2D eigenvalue weighted by molar-refractivity contribution is -0.135. The first-order valence-electron chi connectivity index (χ1n) is 6.96. The number of carbonyl (C=O) groups excluding carboxylic acids is 1. The number of hydrogen-bond donors (Lipinski definition) is 0. The van der Waals surface area contributed by atoms with E-state index < -0.39 is 0 Å². The molecule has 0 radical (unpaired) electrons. The van der Waals surface area contributed by atoms with Gasteiger partial charge in [-0.15, -0.1) is 0 Å². The zero-order valence-electron chi connectivity index (χ0n) is 11.0. The van der Waals surface area contributed by atoms with Crippen molar-refractivity contribution < 1.29 is 9.53 Å². The van der Waals surface area contributed by atoms with Gasteiger partial charge >= 0.3 is 5.97 Å². The number of ether oxygens (including phenoxy) is 1. The Morgan fingerprint density at radius 2 is 1.95 bits per heavy atom. The zero-order valence-corrected chi connectivity index (χ0v) is 11.0. The predicted molar refractivity (Wildman–Crippen MR) is 74.5 cm³/mol. The van der Waals surface area contributed by atoms with Gasteiger partial charge in [-0.3, -0.25) is 4.79 Å². The summed E-state index contributed by atoms with van der Waals surface area (Å²) in [7, 11) is 0. The fourth-order valence-corrected chi connectivity index (χ4v) is 2.80. The van der Waals surface area contributed by atoms with Crippen molar-refractivity contribution in [1.82, 2.24) is 0 Å². The molecule has 1 atom stereocenters. The van der Waals surface area contributed by atoms with Crippen LogP contribution in [0.2, 0.25) is 0 Å². The van der Waals surface area contributed by atoms with Gasteiger partial charge < -0.3 is 4.74 Å². The first kappa shape index (κ1) is 12.2. The highest BCUT2D eigenvalue weighted by Gasteiger charge is 2.19. The van der Waals surface area contributed by atoms with Crippen molar-refractivity contribution in [2.24, 2.45) is 0 Å². The average molecular weight is 254 g/mol. The Labute approximate surface area is 113 Å². The molecule has 1 aliphatic carbocycles. The maximum atomic E-state index is 11.0. The fourth-order valence-electron chi connectivity index (χ4n) is 2.80. The van der Waals surface area contributed by atoms with E-state index in [1.807, 2.05) is 0 Å². The molecule has 2 aliphatic rings. The van der Waals surface area contributed by atoms with Crippen molar-refractivity contribution in [3.63, 3.8) is 0 Å². The molecule has 1 aliphatic heterocycles. The van der Waals surface area contributed by atoms with Gasteiger partial charge in [0.1, 0.15) is 5.76 Å². The molecule has 1 aromatic rings. The van der Waals surface area contributed by atoms with E-state index in [2.05, 4.69) is 42.5 Å². The fraction of sp³-hybridized carbons (Fsp3) is 0.353. The van der Waals surface area contributed by atoms with Crippen LogP contribution >= 0.6 is 0 Å². The molecule has 1 saturated heterocycles. The molecule has 2 nitrogen and oxygen atoms in total. The van der Waals surface area contributed by atoms with Gasteiger partial charge in [-0.1, -0.05) is 36.4 Å².